The minimum atomic E-state index is -1.50. The van der Waals surface area contributed by atoms with Gasteiger partial charge in [-0.05, 0) is 6.42 Å². The van der Waals surface area contributed by atoms with Crippen molar-refractivity contribution in [2.24, 2.45) is 7.05 Å². The van der Waals surface area contributed by atoms with Crippen molar-refractivity contribution in [2.45, 2.75) is 39.0 Å². The lowest BCUT2D eigenvalue weighted by Crippen LogP contribution is -1.96. The van der Waals surface area contributed by atoms with Crippen LogP contribution in [0.3, 0.4) is 0 Å². The van der Waals surface area contributed by atoms with Crippen LogP contribution in [0.15, 0.2) is 12.4 Å². The van der Waals surface area contributed by atoms with E-state index in [1.165, 1.54) is 31.5 Å². The molecule has 0 bridgehead atoms. The van der Waals surface area contributed by atoms with Gasteiger partial charge in [0.05, 0.1) is 0 Å². The Labute approximate surface area is 95.0 Å². The first-order chi connectivity index (χ1) is 7.57. The normalized spacial score (nSPS) is 9.38. The fourth-order valence-electron chi connectivity index (χ4n) is 1.35. The average molecular weight is 229 g/mol. The summed E-state index contributed by atoms with van der Waals surface area (Å²) >= 11 is 0. The first-order valence-corrected chi connectivity index (χ1v) is 5.37. The number of aryl methyl sites for hydroxylation is 2. The molecule has 0 atom stereocenters. The minimum absolute atomic E-state index is 1.13. The number of aromatic nitrogens is 2. The second-order valence-corrected chi connectivity index (χ2v) is 3.50. The van der Waals surface area contributed by atoms with E-state index in [9.17, 15) is 0 Å². The summed E-state index contributed by atoms with van der Waals surface area (Å²) in [4.78, 5) is 12.6. The molecule has 1 heterocycles. The van der Waals surface area contributed by atoms with Crippen molar-refractivity contribution in [3.63, 3.8) is 0 Å². The number of hydrogen-bond acceptors (Lipinski definition) is 3. The van der Waals surface area contributed by atoms with Gasteiger partial charge in [-0.15, -0.1) is 10.1 Å². The molecule has 1 rings (SSSR count). The maximum atomic E-state index is 8.36. The van der Waals surface area contributed by atoms with Crippen molar-refractivity contribution < 1.29 is 10.3 Å². The Morgan fingerprint density at radius 3 is 2.56 bits per heavy atom. The molecule has 0 aliphatic heterocycles. The van der Waals surface area contributed by atoms with E-state index in [2.05, 4.69) is 23.5 Å². The van der Waals surface area contributed by atoms with Gasteiger partial charge >= 0.3 is 0 Å². The third kappa shape index (κ3) is 7.78. The van der Waals surface area contributed by atoms with E-state index >= 15 is 0 Å². The van der Waals surface area contributed by atoms with Gasteiger partial charge in [-0.1, -0.05) is 26.2 Å². The van der Waals surface area contributed by atoms with Crippen LogP contribution in [-0.2, 0) is 13.5 Å². The lowest BCUT2D eigenvalue weighted by Gasteiger charge is -2.00. The van der Waals surface area contributed by atoms with Gasteiger partial charge < -0.3 is 9.77 Å². The van der Waals surface area contributed by atoms with Crippen molar-refractivity contribution in [1.29, 1.82) is 0 Å². The fourth-order valence-corrected chi connectivity index (χ4v) is 1.35. The average Bonchev–Trinajstić information content (AvgIpc) is 2.58. The second-order valence-electron chi connectivity index (χ2n) is 3.50. The standard InChI is InChI=1S/C10H18N2.HNO3/c1-3-4-5-6-7-10-11-8-9-12(10)2;2-1(3)4/h8-9H,3-7H2,1-2H3;(H,2,3,4). The summed E-state index contributed by atoms with van der Waals surface area (Å²) in [5.74, 6) is 1.21. The van der Waals surface area contributed by atoms with Crippen LogP contribution in [-0.4, -0.2) is 19.8 Å². The molecular weight excluding hydrogens is 210 g/mol. The van der Waals surface area contributed by atoms with Crippen LogP contribution in [0.2, 0.25) is 0 Å². The van der Waals surface area contributed by atoms with Crippen molar-refractivity contribution in [3.8, 4) is 0 Å². The summed E-state index contributed by atoms with van der Waals surface area (Å²) in [5.41, 5.74) is 0. The predicted octanol–water partition coefficient (Wildman–Crippen LogP) is 2.20. The molecule has 0 amide bonds. The zero-order valence-corrected chi connectivity index (χ0v) is 9.80. The molecule has 0 aromatic carbocycles. The molecule has 1 aromatic rings. The summed E-state index contributed by atoms with van der Waals surface area (Å²) in [6.45, 7) is 2.24. The zero-order valence-electron chi connectivity index (χ0n) is 9.80. The number of nitrogens with zero attached hydrogens (tertiary/aromatic N) is 3. The highest BCUT2D eigenvalue weighted by molar-refractivity contribution is 4.90. The molecule has 0 spiro atoms. The Balaban J connectivity index is 0.000000487. The molecule has 6 nitrogen and oxygen atoms in total. The third-order valence-corrected chi connectivity index (χ3v) is 2.17. The Hall–Kier alpha value is -1.59. The van der Waals surface area contributed by atoms with E-state index in [-0.39, 0.29) is 0 Å². The molecule has 6 heteroatoms. The Bertz CT molecular complexity index is 295. The Morgan fingerprint density at radius 2 is 2.12 bits per heavy atom. The molecule has 0 aliphatic carbocycles. The molecule has 1 aromatic heterocycles. The summed E-state index contributed by atoms with van der Waals surface area (Å²) in [6.07, 6.45) is 10.3. The smallest absolute Gasteiger partial charge is 0.291 e. The van der Waals surface area contributed by atoms with Gasteiger partial charge in [-0.3, -0.25) is 0 Å². The van der Waals surface area contributed by atoms with Gasteiger partial charge in [0.15, 0.2) is 0 Å². The molecule has 0 saturated carbocycles. The van der Waals surface area contributed by atoms with E-state index < -0.39 is 5.09 Å². The molecule has 0 unspecified atom stereocenters. The summed E-state index contributed by atoms with van der Waals surface area (Å²) in [7, 11) is 2.06. The first kappa shape index (κ1) is 14.4. The number of imidazole rings is 1. The minimum Gasteiger partial charge on any atom is -0.338 e. The lowest BCUT2D eigenvalue weighted by molar-refractivity contribution is -0.742. The van der Waals surface area contributed by atoms with Crippen LogP contribution in [0, 0.1) is 10.1 Å². The first-order valence-electron chi connectivity index (χ1n) is 5.37. The summed E-state index contributed by atoms with van der Waals surface area (Å²) < 4.78 is 2.10. The lowest BCUT2D eigenvalue weighted by atomic mass is 10.1. The van der Waals surface area contributed by atoms with Gasteiger partial charge in [-0.25, -0.2) is 4.98 Å². The van der Waals surface area contributed by atoms with Crippen molar-refractivity contribution in [3.05, 3.63) is 28.3 Å². The maximum Gasteiger partial charge on any atom is 0.291 e. The highest BCUT2D eigenvalue weighted by Gasteiger charge is 1.97. The highest BCUT2D eigenvalue weighted by atomic mass is 16.9. The van der Waals surface area contributed by atoms with Crippen LogP contribution >= 0.6 is 0 Å². The van der Waals surface area contributed by atoms with Crippen molar-refractivity contribution >= 4 is 0 Å². The Kier molecular flexibility index (Phi) is 7.83. The zero-order chi connectivity index (χ0) is 12.4. The van der Waals surface area contributed by atoms with Gasteiger partial charge in [0.1, 0.15) is 5.82 Å². The molecule has 0 aliphatic rings. The number of hydrogen-bond donors (Lipinski definition) is 1. The second kappa shape index (κ2) is 8.70. The number of rotatable bonds is 5. The van der Waals surface area contributed by atoms with Crippen LogP contribution in [0.5, 0.6) is 0 Å². The molecule has 16 heavy (non-hydrogen) atoms. The molecule has 92 valence electrons. The van der Waals surface area contributed by atoms with Crippen LogP contribution in [0.25, 0.3) is 0 Å². The van der Waals surface area contributed by atoms with Gasteiger partial charge in [-0.2, -0.15) is 0 Å². The molecule has 0 saturated heterocycles. The van der Waals surface area contributed by atoms with Gasteiger partial charge in [0.2, 0.25) is 0 Å². The molecular formula is C10H19N3O3. The van der Waals surface area contributed by atoms with Crippen LogP contribution < -0.4 is 0 Å². The number of unbranched alkanes of at least 4 members (excludes halogenated alkanes) is 3. The SMILES string of the molecule is CCCCCCc1nccn1C.O=[N+]([O-])O. The van der Waals surface area contributed by atoms with E-state index in [0.29, 0.717) is 0 Å². The van der Waals surface area contributed by atoms with E-state index in [1.807, 2.05) is 12.4 Å². The quantitative estimate of drug-likeness (QED) is 0.476. The van der Waals surface area contributed by atoms with E-state index in [1.54, 1.807) is 0 Å². The predicted molar refractivity (Wildman–Crippen MR) is 59.8 cm³/mol. The summed E-state index contributed by atoms with van der Waals surface area (Å²) in [6, 6.07) is 0. The fraction of sp³-hybridized carbons (Fsp3) is 0.700. The van der Waals surface area contributed by atoms with Crippen molar-refractivity contribution in [1.82, 2.24) is 9.55 Å². The van der Waals surface area contributed by atoms with Crippen molar-refractivity contribution in [2.75, 3.05) is 0 Å². The largest absolute Gasteiger partial charge is 0.338 e. The van der Waals surface area contributed by atoms with E-state index in [4.69, 9.17) is 15.3 Å². The Morgan fingerprint density at radius 1 is 1.50 bits per heavy atom. The highest BCUT2D eigenvalue weighted by Crippen LogP contribution is 2.04. The van der Waals surface area contributed by atoms with Crippen LogP contribution in [0.4, 0.5) is 0 Å². The summed E-state index contributed by atoms with van der Waals surface area (Å²) in [5, 5.41) is 13.6. The van der Waals surface area contributed by atoms with E-state index in [0.717, 1.165) is 6.42 Å². The maximum absolute atomic E-state index is 8.36. The molecule has 1 N–H and O–H groups in total. The monoisotopic (exact) mass is 229 g/mol. The third-order valence-electron chi connectivity index (χ3n) is 2.17. The molecule has 0 radical (unpaired) electrons. The van der Waals surface area contributed by atoms with Gasteiger partial charge in [0.25, 0.3) is 5.09 Å². The van der Waals surface area contributed by atoms with Gasteiger partial charge in [0, 0.05) is 25.9 Å². The van der Waals surface area contributed by atoms with Crippen LogP contribution in [0.1, 0.15) is 38.4 Å². The molecule has 0 fully saturated rings. The topological polar surface area (TPSA) is 81.2 Å².